The smallest absolute Gasteiger partial charge is 0.119 e. The number of hydrogen-bond donors (Lipinski definition) is 1. The fraction of sp³-hybridized carbons (Fsp3) is 0.625. The van der Waals surface area contributed by atoms with Crippen LogP contribution in [0.5, 0.6) is 11.5 Å². The number of hydrogen-bond acceptors (Lipinski definition) is 4. The summed E-state index contributed by atoms with van der Waals surface area (Å²) in [5.41, 5.74) is 0. The summed E-state index contributed by atoms with van der Waals surface area (Å²) in [6, 6.07) is 8.54. The van der Waals surface area contributed by atoms with E-state index in [2.05, 4.69) is 17.3 Å². The Morgan fingerprint density at radius 2 is 1.70 bits per heavy atom. The van der Waals surface area contributed by atoms with Crippen molar-refractivity contribution in [2.24, 2.45) is 0 Å². The second kappa shape index (κ2) is 8.12. The number of nitrogens with zero attached hydrogens (tertiary/aromatic N) is 1. The Kier molecular flexibility index (Phi) is 6.15. The molecular formula is C16H26N2O2. The summed E-state index contributed by atoms with van der Waals surface area (Å²) in [6.45, 7) is 6.77. The molecule has 1 saturated heterocycles. The Morgan fingerprint density at radius 3 is 2.25 bits per heavy atom. The van der Waals surface area contributed by atoms with Crippen LogP contribution >= 0.6 is 0 Å². The molecule has 0 unspecified atom stereocenters. The van der Waals surface area contributed by atoms with E-state index in [1.54, 1.807) is 0 Å². The minimum absolute atomic E-state index is 0.693. The minimum atomic E-state index is 0.693. The fourth-order valence-corrected chi connectivity index (χ4v) is 2.54. The van der Waals surface area contributed by atoms with E-state index >= 15 is 0 Å². The van der Waals surface area contributed by atoms with Gasteiger partial charge in [0.15, 0.2) is 0 Å². The standard InChI is InChI=1S/C16H26N2O2/c1-3-19-15-4-6-16(7-5-15)20-13-12-18-10-8-14(17-2)9-11-18/h4-7,14,17H,3,8-13H2,1-2H3. The maximum Gasteiger partial charge on any atom is 0.119 e. The molecule has 0 atom stereocenters. The van der Waals surface area contributed by atoms with Crippen LogP contribution in [0.25, 0.3) is 0 Å². The van der Waals surface area contributed by atoms with E-state index in [0.717, 1.165) is 37.7 Å². The van der Waals surface area contributed by atoms with Crippen molar-refractivity contribution >= 4 is 0 Å². The number of piperidine rings is 1. The van der Waals surface area contributed by atoms with Gasteiger partial charge in [-0.3, -0.25) is 4.90 Å². The molecule has 0 radical (unpaired) electrons. The molecule has 1 fully saturated rings. The molecule has 0 saturated carbocycles. The number of ether oxygens (including phenoxy) is 2. The molecule has 1 N–H and O–H groups in total. The van der Waals surface area contributed by atoms with Gasteiger partial charge in [-0.05, 0) is 64.2 Å². The van der Waals surface area contributed by atoms with Crippen molar-refractivity contribution < 1.29 is 9.47 Å². The Bertz CT molecular complexity index is 373. The van der Waals surface area contributed by atoms with E-state index in [-0.39, 0.29) is 0 Å². The van der Waals surface area contributed by atoms with Crippen molar-refractivity contribution in [1.29, 1.82) is 0 Å². The molecule has 20 heavy (non-hydrogen) atoms. The van der Waals surface area contributed by atoms with E-state index in [1.165, 1.54) is 12.8 Å². The predicted molar refractivity (Wildman–Crippen MR) is 81.6 cm³/mol. The minimum Gasteiger partial charge on any atom is -0.494 e. The van der Waals surface area contributed by atoms with Crippen molar-refractivity contribution in [2.75, 3.05) is 39.9 Å². The molecule has 0 spiro atoms. The maximum atomic E-state index is 5.78. The SMILES string of the molecule is CCOc1ccc(OCCN2CCC(NC)CC2)cc1. The van der Waals surface area contributed by atoms with Crippen molar-refractivity contribution in [3.63, 3.8) is 0 Å². The summed E-state index contributed by atoms with van der Waals surface area (Å²) in [5, 5.41) is 3.35. The van der Waals surface area contributed by atoms with Gasteiger partial charge in [0.1, 0.15) is 18.1 Å². The van der Waals surface area contributed by atoms with Gasteiger partial charge in [-0.1, -0.05) is 0 Å². The van der Waals surface area contributed by atoms with Gasteiger partial charge in [0, 0.05) is 12.6 Å². The van der Waals surface area contributed by atoms with Gasteiger partial charge < -0.3 is 14.8 Å². The summed E-state index contributed by atoms with van der Waals surface area (Å²) in [4.78, 5) is 2.47. The molecule has 1 aliphatic heterocycles. The molecule has 4 heteroatoms. The Labute approximate surface area is 122 Å². The zero-order chi connectivity index (χ0) is 14.2. The lowest BCUT2D eigenvalue weighted by atomic mass is 10.1. The molecule has 0 aromatic heterocycles. The zero-order valence-electron chi connectivity index (χ0n) is 12.6. The Morgan fingerprint density at radius 1 is 1.10 bits per heavy atom. The van der Waals surface area contributed by atoms with E-state index in [9.17, 15) is 0 Å². The first-order valence-electron chi connectivity index (χ1n) is 7.57. The first-order chi connectivity index (χ1) is 9.81. The highest BCUT2D eigenvalue weighted by Crippen LogP contribution is 2.17. The summed E-state index contributed by atoms with van der Waals surface area (Å²) in [6.07, 6.45) is 2.47. The van der Waals surface area contributed by atoms with Gasteiger partial charge in [0.25, 0.3) is 0 Å². The third-order valence-corrected chi connectivity index (χ3v) is 3.81. The van der Waals surface area contributed by atoms with E-state index in [4.69, 9.17) is 9.47 Å². The van der Waals surface area contributed by atoms with Crippen molar-refractivity contribution in [3.8, 4) is 11.5 Å². The lowest BCUT2D eigenvalue weighted by Crippen LogP contribution is -2.42. The second-order valence-corrected chi connectivity index (χ2v) is 5.16. The van der Waals surface area contributed by atoms with Crippen LogP contribution in [0.2, 0.25) is 0 Å². The molecule has 1 aliphatic rings. The van der Waals surface area contributed by atoms with Crippen LogP contribution in [0.3, 0.4) is 0 Å². The molecule has 4 nitrogen and oxygen atoms in total. The number of likely N-dealkylation sites (tertiary alicyclic amines) is 1. The van der Waals surface area contributed by atoms with Gasteiger partial charge in [-0.2, -0.15) is 0 Å². The number of nitrogens with one attached hydrogen (secondary N) is 1. The molecule has 112 valence electrons. The third kappa shape index (κ3) is 4.69. The van der Waals surface area contributed by atoms with Crippen LogP contribution in [0, 0.1) is 0 Å². The Balaban J connectivity index is 1.65. The quantitative estimate of drug-likeness (QED) is 0.828. The van der Waals surface area contributed by atoms with Gasteiger partial charge in [-0.25, -0.2) is 0 Å². The van der Waals surface area contributed by atoms with Gasteiger partial charge in [0.2, 0.25) is 0 Å². The van der Waals surface area contributed by atoms with Crippen molar-refractivity contribution in [3.05, 3.63) is 24.3 Å². The van der Waals surface area contributed by atoms with Crippen molar-refractivity contribution in [1.82, 2.24) is 10.2 Å². The lowest BCUT2D eigenvalue weighted by Gasteiger charge is -2.31. The predicted octanol–water partition coefficient (Wildman–Crippen LogP) is 2.15. The van der Waals surface area contributed by atoms with Crippen LogP contribution < -0.4 is 14.8 Å². The molecule has 1 heterocycles. The number of benzene rings is 1. The Hall–Kier alpha value is -1.26. The molecule has 0 amide bonds. The van der Waals surface area contributed by atoms with Gasteiger partial charge in [0.05, 0.1) is 6.61 Å². The van der Waals surface area contributed by atoms with Crippen LogP contribution in [-0.4, -0.2) is 50.8 Å². The average molecular weight is 278 g/mol. The van der Waals surface area contributed by atoms with E-state index in [1.807, 2.05) is 31.2 Å². The fourth-order valence-electron chi connectivity index (χ4n) is 2.54. The van der Waals surface area contributed by atoms with Crippen molar-refractivity contribution in [2.45, 2.75) is 25.8 Å². The highest BCUT2D eigenvalue weighted by molar-refractivity contribution is 5.31. The highest BCUT2D eigenvalue weighted by atomic mass is 16.5. The largest absolute Gasteiger partial charge is 0.494 e. The molecule has 0 bridgehead atoms. The molecule has 1 aromatic carbocycles. The number of rotatable bonds is 7. The lowest BCUT2D eigenvalue weighted by molar-refractivity contribution is 0.167. The topological polar surface area (TPSA) is 33.7 Å². The zero-order valence-corrected chi connectivity index (χ0v) is 12.6. The summed E-state index contributed by atoms with van der Waals surface area (Å²) < 4.78 is 11.2. The molecule has 2 rings (SSSR count). The molecule has 1 aromatic rings. The van der Waals surface area contributed by atoms with Crippen LogP contribution in [0.1, 0.15) is 19.8 Å². The first kappa shape index (κ1) is 15.1. The van der Waals surface area contributed by atoms with Crippen LogP contribution in [-0.2, 0) is 0 Å². The highest BCUT2D eigenvalue weighted by Gasteiger charge is 2.17. The summed E-state index contributed by atoms with van der Waals surface area (Å²) in [7, 11) is 2.05. The normalized spacial score (nSPS) is 17.1. The summed E-state index contributed by atoms with van der Waals surface area (Å²) >= 11 is 0. The average Bonchev–Trinajstić information content (AvgIpc) is 2.50. The monoisotopic (exact) mass is 278 g/mol. The summed E-state index contributed by atoms with van der Waals surface area (Å²) in [5.74, 6) is 1.81. The molecular weight excluding hydrogens is 252 g/mol. The van der Waals surface area contributed by atoms with Gasteiger partial charge >= 0.3 is 0 Å². The van der Waals surface area contributed by atoms with Crippen LogP contribution in [0.15, 0.2) is 24.3 Å². The van der Waals surface area contributed by atoms with E-state index < -0.39 is 0 Å². The van der Waals surface area contributed by atoms with Gasteiger partial charge in [-0.15, -0.1) is 0 Å². The third-order valence-electron chi connectivity index (χ3n) is 3.81. The molecule has 0 aliphatic carbocycles. The second-order valence-electron chi connectivity index (χ2n) is 5.16. The van der Waals surface area contributed by atoms with Crippen LogP contribution in [0.4, 0.5) is 0 Å². The first-order valence-corrected chi connectivity index (χ1v) is 7.57. The maximum absolute atomic E-state index is 5.78. The van der Waals surface area contributed by atoms with E-state index in [0.29, 0.717) is 12.6 Å².